The average Bonchev–Trinajstić information content (AvgIpc) is 2.42. The Bertz CT molecular complexity index is 299. The van der Waals surface area contributed by atoms with Gasteiger partial charge in [0.1, 0.15) is 0 Å². The topological polar surface area (TPSA) is 57.6 Å². The van der Waals surface area contributed by atoms with Gasteiger partial charge in [-0.3, -0.25) is 9.59 Å². The van der Waals surface area contributed by atoms with Gasteiger partial charge in [0.2, 0.25) is 5.91 Å². The molecule has 0 spiro atoms. The third-order valence-electron chi connectivity index (χ3n) is 3.67. The van der Waals surface area contributed by atoms with E-state index in [0.29, 0.717) is 25.4 Å². The molecule has 1 aliphatic rings. The van der Waals surface area contributed by atoms with Crippen LogP contribution in [0.15, 0.2) is 0 Å². The Balaban J connectivity index is 2.64. The molecular formula is C13H23NO3. The molecule has 98 valence electrons. The molecule has 0 aromatic rings. The first kappa shape index (κ1) is 14.0. The van der Waals surface area contributed by atoms with E-state index >= 15 is 0 Å². The molecule has 1 rings (SSSR count). The number of carbonyl (C=O) groups is 2. The first-order chi connectivity index (χ1) is 7.86. The van der Waals surface area contributed by atoms with E-state index in [0.717, 1.165) is 19.3 Å². The molecule has 1 amide bonds. The third kappa shape index (κ3) is 3.72. The van der Waals surface area contributed by atoms with E-state index in [1.54, 1.807) is 18.7 Å². The molecule has 1 unspecified atom stereocenters. The normalized spacial score (nSPS) is 22.4. The Morgan fingerprint density at radius 2 is 2.12 bits per heavy atom. The molecule has 0 aromatic heterocycles. The lowest BCUT2D eigenvalue weighted by molar-refractivity contribution is -0.149. The molecule has 1 heterocycles. The van der Waals surface area contributed by atoms with Gasteiger partial charge in [-0.2, -0.15) is 0 Å². The highest BCUT2D eigenvalue weighted by Gasteiger charge is 2.32. The van der Waals surface area contributed by atoms with E-state index < -0.39 is 11.4 Å². The van der Waals surface area contributed by atoms with E-state index in [-0.39, 0.29) is 5.91 Å². The van der Waals surface area contributed by atoms with Crippen molar-refractivity contribution in [1.29, 1.82) is 0 Å². The SMILES string of the molecule is CCC1CCC(=O)N(CC(C)(C)C(=O)O)CC1. The molecule has 0 aromatic carbocycles. The first-order valence-corrected chi connectivity index (χ1v) is 6.38. The largest absolute Gasteiger partial charge is 0.481 e. The summed E-state index contributed by atoms with van der Waals surface area (Å²) in [6.45, 7) is 6.51. The molecule has 4 nitrogen and oxygen atoms in total. The van der Waals surface area contributed by atoms with Crippen molar-refractivity contribution in [3.8, 4) is 0 Å². The van der Waals surface area contributed by atoms with Gasteiger partial charge in [0.25, 0.3) is 0 Å². The first-order valence-electron chi connectivity index (χ1n) is 6.38. The molecule has 0 radical (unpaired) electrons. The van der Waals surface area contributed by atoms with Gasteiger partial charge in [-0.1, -0.05) is 13.3 Å². The van der Waals surface area contributed by atoms with Gasteiger partial charge >= 0.3 is 5.97 Å². The zero-order valence-electron chi connectivity index (χ0n) is 11.0. The Morgan fingerprint density at radius 3 is 2.65 bits per heavy atom. The minimum atomic E-state index is -0.859. The van der Waals surface area contributed by atoms with E-state index in [4.69, 9.17) is 5.11 Å². The highest BCUT2D eigenvalue weighted by molar-refractivity contribution is 5.79. The van der Waals surface area contributed by atoms with Gasteiger partial charge in [0, 0.05) is 19.5 Å². The van der Waals surface area contributed by atoms with Crippen molar-refractivity contribution in [3.63, 3.8) is 0 Å². The fourth-order valence-corrected chi connectivity index (χ4v) is 2.21. The average molecular weight is 241 g/mol. The number of carboxylic acid groups (broad SMARTS) is 1. The molecule has 1 aliphatic heterocycles. The Labute approximate surface area is 103 Å². The molecule has 0 bridgehead atoms. The van der Waals surface area contributed by atoms with Crippen LogP contribution in [0.25, 0.3) is 0 Å². The van der Waals surface area contributed by atoms with Crippen molar-refractivity contribution in [2.24, 2.45) is 11.3 Å². The second-order valence-electron chi connectivity index (χ2n) is 5.61. The van der Waals surface area contributed by atoms with Crippen molar-refractivity contribution in [2.75, 3.05) is 13.1 Å². The molecule has 0 saturated carbocycles. The number of carbonyl (C=O) groups excluding carboxylic acids is 1. The zero-order valence-corrected chi connectivity index (χ0v) is 11.0. The Morgan fingerprint density at radius 1 is 1.47 bits per heavy atom. The Kier molecular flexibility index (Phi) is 4.54. The van der Waals surface area contributed by atoms with Gasteiger partial charge < -0.3 is 10.0 Å². The predicted molar refractivity (Wildman–Crippen MR) is 65.6 cm³/mol. The summed E-state index contributed by atoms with van der Waals surface area (Å²) in [5, 5.41) is 9.09. The second kappa shape index (κ2) is 5.52. The smallest absolute Gasteiger partial charge is 0.310 e. The number of aliphatic carboxylic acids is 1. The van der Waals surface area contributed by atoms with E-state index in [2.05, 4.69) is 6.92 Å². The maximum Gasteiger partial charge on any atom is 0.310 e. The lowest BCUT2D eigenvalue weighted by Gasteiger charge is -2.29. The molecule has 4 heteroatoms. The number of nitrogens with zero attached hydrogens (tertiary/aromatic N) is 1. The van der Waals surface area contributed by atoms with Crippen LogP contribution in [0, 0.1) is 11.3 Å². The number of carboxylic acids is 1. The third-order valence-corrected chi connectivity index (χ3v) is 3.67. The van der Waals surface area contributed by atoms with Crippen LogP contribution < -0.4 is 0 Å². The number of amides is 1. The van der Waals surface area contributed by atoms with Gasteiger partial charge in [0.05, 0.1) is 5.41 Å². The van der Waals surface area contributed by atoms with Crippen LogP contribution in [0.3, 0.4) is 0 Å². The lowest BCUT2D eigenvalue weighted by Crippen LogP contribution is -2.42. The summed E-state index contributed by atoms with van der Waals surface area (Å²) in [6.07, 6.45) is 3.61. The molecule has 1 N–H and O–H groups in total. The number of hydrogen-bond donors (Lipinski definition) is 1. The van der Waals surface area contributed by atoms with Crippen molar-refractivity contribution < 1.29 is 14.7 Å². The highest BCUT2D eigenvalue weighted by atomic mass is 16.4. The summed E-state index contributed by atoms with van der Waals surface area (Å²) in [6, 6.07) is 0. The van der Waals surface area contributed by atoms with Crippen molar-refractivity contribution in [2.45, 2.75) is 46.5 Å². The second-order valence-corrected chi connectivity index (χ2v) is 5.61. The minimum Gasteiger partial charge on any atom is -0.481 e. The standard InChI is InChI=1S/C13H23NO3/c1-4-10-5-6-11(15)14(8-7-10)9-13(2,3)12(16)17/h10H,4-9H2,1-3H3,(H,16,17). The number of likely N-dealkylation sites (tertiary alicyclic amines) is 1. The lowest BCUT2D eigenvalue weighted by atomic mass is 9.93. The van der Waals surface area contributed by atoms with E-state index in [1.165, 1.54) is 0 Å². The Hall–Kier alpha value is -1.06. The fourth-order valence-electron chi connectivity index (χ4n) is 2.21. The van der Waals surface area contributed by atoms with Crippen LogP contribution in [0.1, 0.15) is 46.5 Å². The zero-order chi connectivity index (χ0) is 13.1. The number of rotatable bonds is 4. The summed E-state index contributed by atoms with van der Waals surface area (Å²) in [4.78, 5) is 24.7. The minimum absolute atomic E-state index is 0.107. The van der Waals surface area contributed by atoms with Crippen LogP contribution in [0.2, 0.25) is 0 Å². The molecule has 1 fully saturated rings. The van der Waals surface area contributed by atoms with Crippen molar-refractivity contribution >= 4 is 11.9 Å². The number of hydrogen-bond acceptors (Lipinski definition) is 2. The molecule has 1 saturated heterocycles. The predicted octanol–water partition coefficient (Wildman–Crippen LogP) is 2.14. The van der Waals surface area contributed by atoms with Crippen LogP contribution in [-0.4, -0.2) is 35.0 Å². The summed E-state index contributed by atoms with van der Waals surface area (Å²) in [5.74, 6) is -0.131. The molecular weight excluding hydrogens is 218 g/mol. The van der Waals surface area contributed by atoms with Crippen molar-refractivity contribution in [3.05, 3.63) is 0 Å². The van der Waals surface area contributed by atoms with Crippen LogP contribution in [0.4, 0.5) is 0 Å². The van der Waals surface area contributed by atoms with Gasteiger partial charge in [0.15, 0.2) is 0 Å². The van der Waals surface area contributed by atoms with Crippen molar-refractivity contribution in [1.82, 2.24) is 4.90 Å². The summed E-state index contributed by atoms with van der Waals surface area (Å²) in [7, 11) is 0. The van der Waals surface area contributed by atoms with E-state index in [9.17, 15) is 9.59 Å². The quantitative estimate of drug-likeness (QED) is 0.820. The van der Waals surface area contributed by atoms with Crippen LogP contribution in [0.5, 0.6) is 0 Å². The van der Waals surface area contributed by atoms with E-state index in [1.807, 2.05) is 0 Å². The summed E-state index contributed by atoms with van der Waals surface area (Å²) in [5.41, 5.74) is -0.859. The highest BCUT2D eigenvalue weighted by Crippen LogP contribution is 2.24. The molecule has 1 atom stereocenters. The summed E-state index contributed by atoms with van der Waals surface area (Å²) >= 11 is 0. The maximum absolute atomic E-state index is 11.9. The molecule has 17 heavy (non-hydrogen) atoms. The van der Waals surface area contributed by atoms with Crippen LogP contribution >= 0.6 is 0 Å². The van der Waals surface area contributed by atoms with Gasteiger partial charge in [-0.15, -0.1) is 0 Å². The van der Waals surface area contributed by atoms with Crippen LogP contribution in [-0.2, 0) is 9.59 Å². The summed E-state index contributed by atoms with van der Waals surface area (Å²) < 4.78 is 0. The monoisotopic (exact) mass is 241 g/mol. The molecule has 0 aliphatic carbocycles. The van der Waals surface area contributed by atoms with Gasteiger partial charge in [-0.25, -0.2) is 0 Å². The van der Waals surface area contributed by atoms with Gasteiger partial charge in [-0.05, 0) is 32.6 Å². The maximum atomic E-state index is 11.9. The fraction of sp³-hybridized carbons (Fsp3) is 0.846.